The van der Waals surface area contributed by atoms with E-state index < -0.39 is 0 Å². The third kappa shape index (κ3) is 3.94. The van der Waals surface area contributed by atoms with Gasteiger partial charge in [-0.05, 0) is 50.6 Å². The van der Waals surface area contributed by atoms with Crippen molar-refractivity contribution in [1.29, 1.82) is 0 Å². The summed E-state index contributed by atoms with van der Waals surface area (Å²) >= 11 is 0. The number of hydrogen-bond acceptors (Lipinski definition) is 7. The quantitative estimate of drug-likeness (QED) is 0.640. The highest BCUT2D eigenvalue weighted by Gasteiger charge is 2.23. The Morgan fingerprint density at radius 3 is 3.00 bits per heavy atom. The van der Waals surface area contributed by atoms with E-state index >= 15 is 0 Å². The van der Waals surface area contributed by atoms with Crippen LogP contribution in [0.3, 0.4) is 0 Å². The first-order chi connectivity index (χ1) is 14.8. The largest absolute Gasteiger partial charge is 0.367 e. The van der Waals surface area contributed by atoms with Gasteiger partial charge in [0.05, 0.1) is 18.6 Å². The Labute approximate surface area is 174 Å². The molecule has 4 heterocycles. The third-order valence-corrected chi connectivity index (χ3v) is 6.35. The molecule has 1 unspecified atom stereocenters. The molecule has 1 atom stereocenters. The van der Waals surface area contributed by atoms with Gasteiger partial charge in [0.25, 0.3) is 5.56 Å². The molecular formula is C21H28N8O. The predicted octanol–water partition coefficient (Wildman–Crippen LogP) is 1.75. The normalized spacial score (nSPS) is 19.7. The standard InChI is InChI=1S/C21H28N8O/c30-18-11-15-5-1-2-7-17(15)27-29(18)10-9-28-8-4-3-6-16(28)12-22-20-19-21(24-13-23-19)26-14-25-20/h11,13-14,16H,1-10,12H2,(H2,22,23,24,25,26). The zero-order chi connectivity index (χ0) is 20.3. The molecule has 9 nitrogen and oxygen atoms in total. The molecular weight excluding hydrogens is 380 g/mol. The fraction of sp³-hybridized carbons (Fsp3) is 0.571. The second-order valence-corrected chi connectivity index (χ2v) is 8.27. The van der Waals surface area contributed by atoms with E-state index in [9.17, 15) is 4.79 Å². The minimum Gasteiger partial charge on any atom is -0.367 e. The predicted molar refractivity (Wildman–Crippen MR) is 115 cm³/mol. The molecule has 1 saturated heterocycles. The van der Waals surface area contributed by atoms with E-state index in [1.807, 2.05) is 6.07 Å². The SMILES string of the molecule is O=c1cc2c(nn1CCN1CCCCC1CNc1ncnc3nc[nH]c13)CCCC2. The summed E-state index contributed by atoms with van der Waals surface area (Å²) < 4.78 is 1.67. The number of piperidine rings is 1. The molecule has 3 aromatic heterocycles. The summed E-state index contributed by atoms with van der Waals surface area (Å²) in [5.74, 6) is 0.788. The summed E-state index contributed by atoms with van der Waals surface area (Å²) in [5, 5.41) is 8.15. The van der Waals surface area contributed by atoms with Gasteiger partial charge in [-0.2, -0.15) is 5.10 Å². The molecule has 158 valence electrons. The lowest BCUT2D eigenvalue weighted by Gasteiger charge is -2.36. The van der Waals surface area contributed by atoms with Gasteiger partial charge in [-0.25, -0.2) is 19.6 Å². The third-order valence-electron chi connectivity index (χ3n) is 6.35. The number of H-pyrrole nitrogens is 1. The molecule has 3 aromatic rings. The molecule has 1 fully saturated rings. The second-order valence-electron chi connectivity index (χ2n) is 8.27. The molecule has 2 aliphatic rings. The topological polar surface area (TPSA) is 105 Å². The van der Waals surface area contributed by atoms with Crippen LogP contribution in [0.2, 0.25) is 0 Å². The average molecular weight is 409 g/mol. The average Bonchev–Trinajstić information content (AvgIpc) is 3.26. The molecule has 1 aliphatic heterocycles. The summed E-state index contributed by atoms with van der Waals surface area (Å²) in [6.07, 6.45) is 11.1. The maximum absolute atomic E-state index is 12.5. The van der Waals surface area contributed by atoms with Crippen LogP contribution in [0, 0.1) is 0 Å². The van der Waals surface area contributed by atoms with Crippen LogP contribution in [0.5, 0.6) is 0 Å². The molecule has 0 saturated carbocycles. The minimum absolute atomic E-state index is 0.0324. The van der Waals surface area contributed by atoms with Gasteiger partial charge in [0.15, 0.2) is 11.5 Å². The van der Waals surface area contributed by atoms with Crippen LogP contribution in [0.4, 0.5) is 5.82 Å². The number of likely N-dealkylation sites (tertiary alicyclic amines) is 1. The summed E-state index contributed by atoms with van der Waals surface area (Å²) in [5.41, 5.74) is 3.81. The number of aryl methyl sites for hydroxylation is 2. The number of nitrogens with zero attached hydrogens (tertiary/aromatic N) is 6. The first kappa shape index (κ1) is 19.2. The van der Waals surface area contributed by atoms with Gasteiger partial charge < -0.3 is 10.3 Å². The molecule has 1 aliphatic carbocycles. The van der Waals surface area contributed by atoms with E-state index in [-0.39, 0.29) is 5.56 Å². The summed E-state index contributed by atoms with van der Waals surface area (Å²) in [6, 6.07) is 2.21. The van der Waals surface area contributed by atoms with Crippen molar-refractivity contribution in [2.75, 3.05) is 25.0 Å². The van der Waals surface area contributed by atoms with Crippen molar-refractivity contribution in [3.05, 3.63) is 40.3 Å². The van der Waals surface area contributed by atoms with Crippen LogP contribution in [0.1, 0.15) is 43.4 Å². The van der Waals surface area contributed by atoms with E-state index in [2.05, 4.69) is 35.3 Å². The minimum atomic E-state index is 0.0324. The van der Waals surface area contributed by atoms with Crippen LogP contribution in [-0.2, 0) is 19.4 Å². The van der Waals surface area contributed by atoms with E-state index in [1.165, 1.54) is 19.3 Å². The monoisotopic (exact) mass is 408 g/mol. The van der Waals surface area contributed by atoms with Crippen LogP contribution in [0.15, 0.2) is 23.5 Å². The van der Waals surface area contributed by atoms with Crippen molar-refractivity contribution in [2.45, 2.75) is 57.5 Å². The highest BCUT2D eigenvalue weighted by molar-refractivity contribution is 5.81. The van der Waals surface area contributed by atoms with E-state index in [1.54, 1.807) is 17.3 Å². The number of anilines is 1. The Kier molecular flexibility index (Phi) is 5.44. The fourth-order valence-electron chi connectivity index (χ4n) is 4.68. The lowest BCUT2D eigenvalue weighted by Crippen LogP contribution is -2.45. The van der Waals surface area contributed by atoms with E-state index in [4.69, 9.17) is 0 Å². The van der Waals surface area contributed by atoms with Gasteiger partial charge in [-0.15, -0.1) is 0 Å². The van der Waals surface area contributed by atoms with Gasteiger partial charge in [0, 0.05) is 25.2 Å². The first-order valence-electron chi connectivity index (χ1n) is 11.0. The molecule has 30 heavy (non-hydrogen) atoms. The van der Waals surface area contributed by atoms with Crippen molar-refractivity contribution in [3.8, 4) is 0 Å². The molecule has 5 rings (SSSR count). The second kappa shape index (κ2) is 8.51. The van der Waals surface area contributed by atoms with Gasteiger partial charge in [-0.3, -0.25) is 9.69 Å². The molecule has 0 spiro atoms. The van der Waals surface area contributed by atoms with Gasteiger partial charge in [0.2, 0.25) is 0 Å². The van der Waals surface area contributed by atoms with Crippen LogP contribution < -0.4 is 10.9 Å². The van der Waals surface area contributed by atoms with Crippen molar-refractivity contribution < 1.29 is 0 Å². The Balaban J connectivity index is 1.24. The number of fused-ring (bicyclic) bond motifs is 2. The highest BCUT2D eigenvalue weighted by Crippen LogP contribution is 2.20. The van der Waals surface area contributed by atoms with E-state index in [0.717, 1.165) is 67.9 Å². The molecule has 2 N–H and O–H groups in total. The number of imidazole rings is 1. The number of aromatic nitrogens is 6. The summed E-state index contributed by atoms with van der Waals surface area (Å²) in [6.45, 7) is 3.33. The molecule has 0 amide bonds. The van der Waals surface area contributed by atoms with Crippen LogP contribution in [-0.4, -0.2) is 60.3 Å². The Bertz CT molecular complexity index is 1070. The zero-order valence-corrected chi connectivity index (χ0v) is 17.2. The van der Waals surface area contributed by atoms with Crippen LogP contribution in [0.25, 0.3) is 11.2 Å². The molecule has 0 aromatic carbocycles. The van der Waals surface area contributed by atoms with Crippen molar-refractivity contribution in [1.82, 2.24) is 34.6 Å². The van der Waals surface area contributed by atoms with E-state index in [0.29, 0.717) is 18.2 Å². The van der Waals surface area contributed by atoms with Crippen molar-refractivity contribution >= 4 is 17.0 Å². The summed E-state index contributed by atoms with van der Waals surface area (Å²) in [4.78, 5) is 30.8. The van der Waals surface area contributed by atoms with Gasteiger partial charge >= 0.3 is 0 Å². The van der Waals surface area contributed by atoms with Crippen molar-refractivity contribution in [2.24, 2.45) is 0 Å². The van der Waals surface area contributed by atoms with Gasteiger partial charge in [0.1, 0.15) is 11.8 Å². The highest BCUT2D eigenvalue weighted by atomic mass is 16.1. The molecule has 0 radical (unpaired) electrons. The fourth-order valence-corrected chi connectivity index (χ4v) is 4.68. The smallest absolute Gasteiger partial charge is 0.267 e. The number of nitrogens with one attached hydrogen (secondary N) is 2. The number of hydrogen-bond donors (Lipinski definition) is 2. The maximum Gasteiger partial charge on any atom is 0.267 e. The Morgan fingerprint density at radius 1 is 1.10 bits per heavy atom. The Hall–Kier alpha value is -2.81. The Morgan fingerprint density at radius 2 is 2.03 bits per heavy atom. The molecule has 0 bridgehead atoms. The van der Waals surface area contributed by atoms with Gasteiger partial charge in [-0.1, -0.05) is 6.42 Å². The summed E-state index contributed by atoms with van der Waals surface area (Å²) in [7, 11) is 0. The lowest BCUT2D eigenvalue weighted by atomic mass is 9.97. The lowest BCUT2D eigenvalue weighted by molar-refractivity contribution is 0.147. The molecule has 9 heteroatoms. The maximum atomic E-state index is 12.5. The zero-order valence-electron chi connectivity index (χ0n) is 17.2. The number of aromatic amines is 1. The number of rotatable bonds is 6. The van der Waals surface area contributed by atoms with Crippen LogP contribution >= 0.6 is 0 Å². The van der Waals surface area contributed by atoms with Crippen molar-refractivity contribution in [3.63, 3.8) is 0 Å². The first-order valence-corrected chi connectivity index (χ1v) is 11.0.